The highest BCUT2D eigenvalue weighted by Crippen LogP contribution is 2.32. The largest absolute Gasteiger partial charge is 0.341 e. The van der Waals surface area contributed by atoms with Crippen molar-refractivity contribution in [2.45, 2.75) is 25.1 Å². The Kier molecular flexibility index (Phi) is 3.55. The van der Waals surface area contributed by atoms with E-state index in [2.05, 4.69) is 0 Å². The minimum atomic E-state index is 0.135. The average molecular weight is 258 g/mol. The predicted octanol–water partition coefficient (Wildman–Crippen LogP) is 3.15. The molecule has 16 heavy (non-hydrogen) atoms. The van der Waals surface area contributed by atoms with Crippen molar-refractivity contribution in [3.8, 4) is 0 Å². The third kappa shape index (κ3) is 2.58. The van der Waals surface area contributed by atoms with E-state index in [-0.39, 0.29) is 5.91 Å². The summed E-state index contributed by atoms with van der Waals surface area (Å²) in [4.78, 5) is 15.9. The number of rotatable bonds is 3. The summed E-state index contributed by atoms with van der Waals surface area (Å²) in [5.74, 6) is 0.730. The Bertz CT molecular complexity index is 384. The normalized spacial score (nSPS) is 23.9. The molecule has 4 heteroatoms. The molecule has 88 valence electrons. The van der Waals surface area contributed by atoms with Crippen LogP contribution >= 0.6 is 22.9 Å². The van der Waals surface area contributed by atoms with Gasteiger partial charge >= 0.3 is 0 Å². The molecule has 1 aliphatic carbocycles. The highest BCUT2D eigenvalue weighted by Gasteiger charge is 2.29. The first-order chi connectivity index (χ1) is 7.56. The molecule has 0 N–H and O–H groups in total. The third-order valence-electron chi connectivity index (χ3n) is 3.01. The van der Waals surface area contributed by atoms with Crippen molar-refractivity contribution in [1.82, 2.24) is 4.90 Å². The minimum Gasteiger partial charge on any atom is -0.341 e. The number of nitrogens with zero attached hydrogens (tertiary/aromatic N) is 1. The molecular formula is C12H16ClNOS. The fraction of sp³-hybridized carbons (Fsp3) is 0.583. The monoisotopic (exact) mass is 257 g/mol. The Hall–Kier alpha value is -0.540. The van der Waals surface area contributed by atoms with Gasteiger partial charge in [-0.3, -0.25) is 4.79 Å². The molecule has 1 saturated carbocycles. The van der Waals surface area contributed by atoms with E-state index in [1.165, 1.54) is 4.88 Å². The standard InChI is InChI=1S/C12H16ClNOS/c1-8-3-4-11(16-8)12(15)14(2)7-9-5-10(13)6-9/h3-4,9-10H,5-7H2,1-2H3. The van der Waals surface area contributed by atoms with Crippen LogP contribution in [-0.2, 0) is 0 Å². The molecule has 1 aliphatic rings. The molecule has 0 atom stereocenters. The summed E-state index contributed by atoms with van der Waals surface area (Å²) < 4.78 is 0. The molecule has 1 fully saturated rings. The summed E-state index contributed by atoms with van der Waals surface area (Å²) >= 11 is 7.49. The minimum absolute atomic E-state index is 0.135. The molecule has 1 aromatic heterocycles. The summed E-state index contributed by atoms with van der Waals surface area (Å²) in [6.45, 7) is 2.85. The molecule has 2 nitrogen and oxygen atoms in total. The first-order valence-electron chi connectivity index (χ1n) is 5.52. The summed E-state index contributed by atoms with van der Waals surface area (Å²) in [5, 5.41) is 0.331. The van der Waals surface area contributed by atoms with E-state index in [4.69, 9.17) is 11.6 Å². The van der Waals surface area contributed by atoms with Gasteiger partial charge in [-0.15, -0.1) is 22.9 Å². The van der Waals surface area contributed by atoms with Gasteiger partial charge in [0.2, 0.25) is 0 Å². The number of aryl methyl sites for hydroxylation is 1. The zero-order valence-corrected chi connectivity index (χ0v) is 11.1. The molecule has 0 saturated heterocycles. The summed E-state index contributed by atoms with van der Waals surface area (Å²) in [5.41, 5.74) is 0. The molecular weight excluding hydrogens is 242 g/mol. The summed E-state index contributed by atoms with van der Waals surface area (Å²) in [6, 6.07) is 3.90. The lowest BCUT2D eigenvalue weighted by atomic mass is 9.84. The van der Waals surface area contributed by atoms with E-state index in [1.807, 2.05) is 31.0 Å². The van der Waals surface area contributed by atoms with Crippen LogP contribution in [0.4, 0.5) is 0 Å². The first-order valence-corrected chi connectivity index (χ1v) is 6.77. The van der Waals surface area contributed by atoms with Crippen molar-refractivity contribution in [3.05, 3.63) is 21.9 Å². The van der Waals surface area contributed by atoms with Gasteiger partial charge in [-0.05, 0) is 37.8 Å². The fourth-order valence-electron chi connectivity index (χ4n) is 2.01. The number of carbonyl (C=O) groups excluding carboxylic acids is 1. The Labute approximate surface area is 105 Å². The fourth-order valence-corrected chi connectivity index (χ4v) is 3.38. The van der Waals surface area contributed by atoms with E-state index in [1.54, 1.807) is 11.3 Å². The average Bonchev–Trinajstić information content (AvgIpc) is 2.61. The molecule has 0 aromatic carbocycles. The van der Waals surface area contributed by atoms with Crippen LogP contribution in [0.3, 0.4) is 0 Å². The highest BCUT2D eigenvalue weighted by molar-refractivity contribution is 7.13. The van der Waals surface area contributed by atoms with Crippen molar-refractivity contribution in [2.75, 3.05) is 13.6 Å². The number of thiophene rings is 1. The van der Waals surface area contributed by atoms with Crippen molar-refractivity contribution in [3.63, 3.8) is 0 Å². The number of hydrogen-bond acceptors (Lipinski definition) is 2. The quantitative estimate of drug-likeness (QED) is 0.762. The molecule has 0 unspecified atom stereocenters. The molecule has 1 aromatic rings. The van der Waals surface area contributed by atoms with Crippen LogP contribution in [-0.4, -0.2) is 29.8 Å². The Balaban J connectivity index is 1.89. The zero-order valence-electron chi connectivity index (χ0n) is 9.57. The van der Waals surface area contributed by atoms with E-state index in [0.29, 0.717) is 11.3 Å². The molecule has 1 heterocycles. The Morgan fingerprint density at radius 1 is 1.56 bits per heavy atom. The van der Waals surface area contributed by atoms with Gasteiger partial charge in [-0.25, -0.2) is 0 Å². The maximum atomic E-state index is 12.0. The topological polar surface area (TPSA) is 20.3 Å². The summed E-state index contributed by atoms with van der Waals surface area (Å²) in [6.07, 6.45) is 2.09. The van der Waals surface area contributed by atoms with E-state index in [9.17, 15) is 4.79 Å². The van der Waals surface area contributed by atoms with Gasteiger partial charge in [-0.2, -0.15) is 0 Å². The third-order valence-corrected chi connectivity index (χ3v) is 4.35. The van der Waals surface area contributed by atoms with Crippen molar-refractivity contribution >= 4 is 28.8 Å². The maximum absolute atomic E-state index is 12.0. The second-order valence-corrected chi connectivity index (χ2v) is 6.44. The number of halogens is 1. The number of carbonyl (C=O) groups is 1. The van der Waals surface area contributed by atoms with Crippen LogP contribution in [0.1, 0.15) is 27.4 Å². The van der Waals surface area contributed by atoms with Gasteiger partial charge in [-0.1, -0.05) is 0 Å². The van der Waals surface area contributed by atoms with Gasteiger partial charge in [0.1, 0.15) is 0 Å². The lowest BCUT2D eigenvalue weighted by Crippen LogP contribution is -2.37. The van der Waals surface area contributed by atoms with Crippen molar-refractivity contribution in [2.24, 2.45) is 5.92 Å². The van der Waals surface area contributed by atoms with Crippen LogP contribution in [0.2, 0.25) is 0 Å². The van der Waals surface area contributed by atoms with Crippen molar-refractivity contribution < 1.29 is 4.79 Å². The second kappa shape index (κ2) is 4.76. The molecule has 0 aliphatic heterocycles. The van der Waals surface area contributed by atoms with Gasteiger partial charge in [0.15, 0.2) is 0 Å². The number of alkyl halides is 1. The Morgan fingerprint density at radius 2 is 2.25 bits per heavy atom. The van der Waals surface area contributed by atoms with E-state index >= 15 is 0 Å². The predicted molar refractivity (Wildman–Crippen MR) is 68.4 cm³/mol. The van der Waals surface area contributed by atoms with Gasteiger partial charge in [0.05, 0.1) is 4.88 Å². The smallest absolute Gasteiger partial charge is 0.263 e. The van der Waals surface area contributed by atoms with Crippen LogP contribution < -0.4 is 0 Å². The van der Waals surface area contributed by atoms with Gasteiger partial charge < -0.3 is 4.90 Å². The number of amides is 1. The second-order valence-electron chi connectivity index (χ2n) is 4.53. The summed E-state index contributed by atoms with van der Waals surface area (Å²) in [7, 11) is 1.87. The molecule has 1 amide bonds. The van der Waals surface area contributed by atoms with Crippen LogP contribution in [0.5, 0.6) is 0 Å². The van der Waals surface area contributed by atoms with Gasteiger partial charge in [0, 0.05) is 23.8 Å². The van der Waals surface area contributed by atoms with E-state index in [0.717, 1.165) is 24.3 Å². The van der Waals surface area contributed by atoms with Crippen LogP contribution in [0.15, 0.2) is 12.1 Å². The first kappa shape index (κ1) is 11.9. The lowest BCUT2D eigenvalue weighted by Gasteiger charge is -2.33. The molecule has 0 spiro atoms. The van der Waals surface area contributed by atoms with E-state index < -0.39 is 0 Å². The van der Waals surface area contributed by atoms with Crippen molar-refractivity contribution in [1.29, 1.82) is 0 Å². The van der Waals surface area contributed by atoms with Crippen LogP contribution in [0, 0.1) is 12.8 Å². The molecule has 2 rings (SSSR count). The SMILES string of the molecule is Cc1ccc(C(=O)N(C)CC2CC(Cl)C2)s1. The molecule has 0 bridgehead atoms. The zero-order chi connectivity index (χ0) is 11.7. The van der Waals surface area contributed by atoms with Crippen LogP contribution in [0.25, 0.3) is 0 Å². The maximum Gasteiger partial charge on any atom is 0.263 e. The van der Waals surface area contributed by atoms with Gasteiger partial charge in [0.25, 0.3) is 5.91 Å². The molecule has 0 radical (unpaired) electrons. The highest BCUT2D eigenvalue weighted by atomic mass is 35.5. The Morgan fingerprint density at radius 3 is 2.75 bits per heavy atom. The lowest BCUT2D eigenvalue weighted by molar-refractivity contribution is 0.0751. The number of hydrogen-bond donors (Lipinski definition) is 0.